The van der Waals surface area contributed by atoms with Gasteiger partial charge in [0.15, 0.2) is 11.6 Å². The van der Waals surface area contributed by atoms with Crippen molar-refractivity contribution < 1.29 is 27.4 Å². The molecule has 1 atom stereocenters. The van der Waals surface area contributed by atoms with E-state index in [0.29, 0.717) is 41.6 Å². The zero-order valence-electron chi connectivity index (χ0n) is 22.0. The van der Waals surface area contributed by atoms with Crippen LogP contribution < -0.4 is 10.1 Å². The second kappa shape index (κ2) is 11.4. The summed E-state index contributed by atoms with van der Waals surface area (Å²) in [5.41, 5.74) is 2.34. The number of hydrogen-bond donors (Lipinski definition) is 3. The van der Waals surface area contributed by atoms with Gasteiger partial charge in [-0.15, -0.1) is 0 Å². The Morgan fingerprint density at radius 1 is 0.951 bits per heavy atom. The molecule has 0 fully saturated rings. The van der Waals surface area contributed by atoms with Crippen LogP contribution in [0.25, 0.3) is 22.3 Å². The summed E-state index contributed by atoms with van der Waals surface area (Å²) < 4.78 is 56.6. The van der Waals surface area contributed by atoms with Crippen LogP contribution in [0.3, 0.4) is 0 Å². The standard InChI is InChI=1S/C31H27F3N4O3/c32-24-7-2-1-5-19(24)20-6-3-4-14-40-31(39)36-13-11-22-21-10-12-35-27(21)16-26(34)29(22)41-18-8-9-25(33)23(15-18)30-37-17-28(20)38-30/h1-2,5,7-10,12,15-17,20,35H,3-4,6,11,13-14H2,(H,36,39)(H,37,38). The number of aromatic nitrogens is 3. The summed E-state index contributed by atoms with van der Waals surface area (Å²) in [4.78, 5) is 22.9. The highest BCUT2D eigenvalue weighted by Crippen LogP contribution is 2.37. The molecular weight excluding hydrogens is 533 g/mol. The summed E-state index contributed by atoms with van der Waals surface area (Å²) in [5.74, 6) is -1.49. The number of alkyl carbamates (subject to hydrolysis) is 1. The lowest BCUT2D eigenvalue weighted by molar-refractivity contribution is 0.144. The molecular formula is C31H27F3N4O3. The van der Waals surface area contributed by atoms with Gasteiger partial charge in [0.05, 0.1) is 12.2 Å². The molecule has 0 saturated carbocycles. The first kappa shape index (κ1) is 26.5. The molecule has 1 unspecified atom stereocenters. The maximum absolute atomic E-state index is 15.3. The fourth-order valence-corrected chi connectivity index (χ4v) is 5.29. The predicted octanol–water partition coefficient (Wildman–Crippen LogP) is 7.35. The van der Waals surface area contributed by atoms with Crippen molar-refractivity contribution in [2.75, 3.05) is 13.2 Å². The third-order valence-corrected chi connectivity index (χ3v) is 7.30. The number of imidazole rings is 1. The van der Waals surface area contributed by atoms with Gasteiger partial charge in [-0.3, -0.25) is 0 Å². The van der Waals surface area contributed by atoms with Gasteiger partial charge < -0.3 is 24.8 Å². The van der Waals surface area contributed by atoms with Gasteiger partial charge in [0.25, 0.3) is 0 Å². The number of aromatic amines is 2. The van der Waals surface area contributed by atoms with E-state index in [4.69, 9.17) is 9.47 Å². The van der Waals surface area contributed by atoms with Crippen molar-refractivity contribution in [2.24, 2.45) is 0 Å². The molecule has 0 radical (unpaired) electrons. The predicted molar refractivity (Wildman–Crippen MR) is 147 cm³/mol. The molecule has 7 nitrogen and oxygen atoms in total. The third kappa shape index (κ3) is 5.50. The van der Waals surface area contributed by atoms with Crippen molar-refractivity contribution in [1.82, 2.24) is 20.3 Å². The molecule has 6 rings (SSSR count). The van der Waals surface area contributed by atoms with E-state index in [2.05, 4.69) is 20.3 Å². The molecule has 3 aromatic carbocycles. The highest BCUT2D eigenvalue weighted by molar-refractivity contribution is 5.86. The third-order valence-electron chi connectivity index (χ3n) is 7.30. The molecule has 1 aliphatic rings. The van der Waals surface area contributed by atoms with Gasteiger partial charge in [-0.1, -0.05) is 18.2 Å². The first-order chi connectivity index (χ1) is 20.0. The first-order valence-corrected chi connectivity index (χ1v) is 13.4. The van der Waals surface area contributed by atoms with E-state index in [0.717, 1.165) is 5.39 Å². The van der Waals surface area contributed by atoms with Crippen LogP contribution in [0.2, 0.25) is 0 Å². The number of amides is 1. The topological polar surface area (TPSA) is 92.0 Å². The molecule has 0 aliphatic carbocycles. The second-order valence-electron chi connectivity index (χ2n) is 9.92. The zero-order chi connectivity index (χ0) is 28.3. The van der Waals surface area contributed by atoms with Crippen molar-refractivity contribution in [3.8, 4) is 22.9 Å². The molecule has 5 aromatic rings. The van der Waals surface area contributed by atoms with Crippen LogP contribution >= 0.6 is 0 Å². The van der Waals surface area contributed by atoms with Gasteiger partial charge in [0, 0.05) is 53.1 Å². The van der Waals surface area contributed by atoms with E-state index in [-0.39, 0.29) is 54.2 Å². The van der Waals surface area contributed by atoms with Gasteiger partial charge in [-0.25, -0.2) is 22.9 Å². The first-order valence-electron chi connectivity index (χ1n) is 13.4. The number of cyclic esters (lactones) is 1. The van der Waals surface area contributed by atoms with Crippen molar-refractivity contribution in [3.05, 3.63) is 101 Å². The molecule has 10 heteroatoms. The monoisotopic (exact) mass is 560 g/mol. The highest BCUT2D eigenvalue weighted by atomic mass is 19.1. The number of fused-ring (bicyclic) bond motifs is 8. The lowest BCUT2D eigenvalue weighted by atomic mass is 9.90. The van der Waals surface area contributed by atoms with E-state index in [1.165, 1.54) is 30.3 Å². The average molecular weight is 561 g/mol. The van der Waals surface area contributed by atoms with Crippen LogP contribution in [0.1, 0.15) is 42.0 Å². The van der Waals surface area contributed by atoms with Crippen LogP contribution in [0.15, 0.2) is 67.0 Å². The van der Waals surface area contributed by atoms with Crippen LogP contribution in [0.4, 0.5) is 18.0 Å². The van der Waals surface area contributed by atoms with E-state index >= 15 is 8.78 Å². The number of benzene rings is 3. The Balaban J connectivity index is 1.42. The fourth-order valence-electron chi connectivity index (χ4n) is 5.29. The Kier molecular flexibility index (Phi) is 7.37. The molecule has 0 saturated heterocycles. The Bertz CT molecular complexity index is 1710. The molecule has 41 heavy (non-hydrogen) atoms. The summed E-state index contributed by atoms with van der Waals surface area (Å²) in [6.07, 6.45) is 4.67. The maximum Gasteiger partial charge on any atom is 0.407 e. The van der Waals surface area contributed by atoms with Gasteiger partial charge >= 0.3 is 6.09 Å². The number of ether oxygens (including phenoxy) is 2. The molecule has 1 amide bonds. The summed E-state index contributed by atoms with van der Waals surface area (Å²) in [5, 5.41) is 3.44. The Labute approximate surface area is 233 Å². The molecule has 210 valence electrons. The number of carbonyl (C=O) groups is 1. The molecule has 1 aliphatic heterocycles. The Hall–Kier alpha value is -4.73. The van der Waals surface area contributed by atoms with Crippen LogP contribution in [0, 0.1) is 17.5 Å². The number of rotatable bonds is 1. The molecule has 3 N–H and O–H groups in total. The van der Waals surface area contributed by atoms with Crippen LogP contribution in [-0.2, 0) is 11.2 Å². The Morgan fingerprint density at radius 3 is 2.71 bits per heavy atom. The van der Waals surface area contributed by atoms with E-state index < -0.39 is 17.7 Å². The minimum absolute atomic E-state index is 0.0255. The second-order valence-corrected chi connectivity index (χ2v) is 9.92. The molecule has 3 heterocycles. The van der Waals surface area contributed by atoms with E-state index in [1.54, 1.807) is 36.7 Å². The quantitative estimate of drug-likeness (QED) is 0.200. The summed E-state index contributed by atoms with van der Waals surface area (Å²) in [6.45, 7) is 0.356. The maximum atomic E-state index is 15.3. The average Bonchev–Trinajstić information content (AvgIpc) is 3.63. The van der Waals surface area contributed by atoms with Gasteiger partial charge in [-0.05, 0) is 61.6 Å². The van der Waals surface area contributed by atoms with E-state index in [1.807, 2.05) is 0 Å². The lowest BCUT2D eigenvalue weighted by Gasteiger charge is -2.17. The molecule has 2 aromatic heterocycles. The van der Waals surface area contributed by atoms with Crippen molar-refractivity contribution in [3.63, 3.8) is 0 Å². The Morgan fingerprint density at radius 2 is 1.83 bits per heavy atom. The number of hydrogen-bond acceptors (Lipinski definition) is 4. The normalized spacial score (nSPS) is 16.5. The van der Waals surface area contributed by atoms with Crippen LogP contribution in [-0.4, -0.2) is 34.2 Å². The molecule has 0 spiro atoms. The lowest BCUT2D eigenvalue weighted by Crippen LogP contribution is -2.27. The van der Waals surface area contributed by atoms with Gasteiger partial charge in [-0.2, -0.15) is 0 Å². The SMILES string of the molecule is O=C1NCCc2c(c(F)cc3[nH]ccc23)Oc2ccc(F)c(c2)-c2ncc([nH]2)C(c2ccccc2F)CCCCO1. The number of H-pyrrole nitrogens is 2. The van der Waals surface area contributed by atoms with Gasteiger partial charge in [0.1, 0.15) is 23.2 Å². The number of carbonyl (C=O) groups excluding carboxylic acids is 1. The molecule has 4 bridgehead atoms. The minimum Gasteiger partial charge on any atom is -0.454 e. The van der Waals surface area contributed by atoms with E-state index in [9.17, 15) is 9.18 Å². The summed E-state index contributed by atoms with van der Waals surface area (Å²) in [6, 6.07) is 13.7. The minimum atomic E-state index is -0.609. The number of nitrogens with zero attached hydrogens (tertiary/aromatic N) is 1. The fraction of sp³-hybridized carbons (Fsp3) is 0.226. The zero-order valence-corrected chi connectivity index (χ0v) is 22.0. The number of halogens is 3. The largest absolute Gasteiger partial charge is 0.454 e. The van der Waals surface area contributed by atoms with Crippen molar-refractivity contribution in [2.45, 2.75) is 31.6 Å². The number of nitrogens with one attached hydrogen (secondary N) is 3. The summed E-state index contributed by atoms with van der Waals surface area (Å²) in [7, 11) is 0. The smallest absolute Gasteiger partial charge is 0.407 e. The summed E-state index contributed by atoms with van der Waals surface area (Å²) >= 11 is 0. The van der Waals surface area contributed by atoms with Gasteiger partial charge in [0.2, 0.25) is 0 Å². The highest BCUT2D eigenvalue weighted by Gasteiger charge is 2.22. The van der Waals surface area contributed by atoms with Crippen molar-refractivity contribution >= 4 is 17.0 Å². The van der Waals surface area contributed by atoms with Crippen LogP contribution in [0.5, 0.6) is 11.5 Å². The van der Waals surface area contributed by atoms with Crippen molar-refractivity contribution in [1.29, 1.82) is 0 Å².